The molecule has 6 heteroatoms. The van der Waals surface area contributed by atoms with E-state index in [1.54, 1.807) is 0 Å². The van der Waals surface area contributed by atoms with Crippen LogP contribution in [0.2, 0.25) is 4.47 Å². The van der Waals surface area contributed by atoms with Crippen LogP contribution in [0.25, 0.3) is 0 Å². The highest BCUT2D eigenvalue weighted by Gasteiger charge is 2.25. The molecule has 2 aromatic rings. The highest BCUT2D eigenvalue weighted by atomic mass is 35.5. The number of aromatic nitrogens is 2. The summed E-state index contributed by atoms with van der Waals surface area (Å²) in [5.41, 5.74) is 1.01. The molecule has 20 heavy (non-hydrogen) atoms. The molecule has 0 spiro atoms. The summed E-state index contributed by atoms with van der Waals surface area (Å²) in [5.74, 6) is 0.598. The van der Waals surface area contributed by atoms with Gasteiger partial charge in [0.25, 0.3) is 0 Å². The molecule has 2 unspecified atom stereocenters. The molecule has 1 aromatic carbocycles. The number of halogens is 1. The van der Waals surface area contributed by atoms with E-state index in [0.29, 0.717) is 10.3 Å². The molecular formula is C14H15ClN2O2S. The lowest BCUT2D eigenvalue weighted by atomic mass is 10.1. The minimum atomic E-state index is -0.331. The van der Waals surface area contributed by atoms with Crippen LogP contribution in [0.3, 0.4) is 0 Å². The third-order valence-corrected chi connectivity index (χ3v) is 3.99. The third kappa shape index (κ3) is 3.35. The summed E-state index contributed by atoms with van der Waals surface area (Å²) in [6.45, 7) is 0.747. The van der Waals surface area contributed by atoms with Crippen molar-refractivity contribution in [2.45, 2.75) is 31.7 Å². The third-order valence-electron chi connectivity index (χ3n) is 3.18. The molecule has 0 bridgehead atoms. The van der Waals surface area contributed by atoms with Crippen molar-refractivity contribution in [3.05, 3.63) is 46.2 Å². The van der Waals surface area contributed by atoms with Gasteiger partial charge in [0, 0.05) is 6.61 Å². The first-order valence-corrected chi connectivity index (χ1v) is 7.79. The number of nitrogens with zero attached hydrogens (tertiary/aromatic N) is 2. The summed E-state index contributed by atoms with van der Waals surface area (Å²) < 4.78 is 16.4. The van der Waals surface area contributed by atoms with Gasteiger partial charge < -0.3 is 9.47 Å². The van der Waals surface area contributed by atoms with Gasteiger partial charge in [-0.15, -0.1) is 0 Å². The number of benzene rings is 1. The summed E-state index contributed by atoms with van der Waals surface area (Å²) in [6, 6.07) is 9.92. The van der Waals surface area contributed by atoms with E-state index in [1.165, 1.54) is 11.5 Å². The van der Waals surface area contributed by atoms with E-state index in [1.807, 2.05) is 30.3 Å². The second-order valence-electron chi connectivity index (χ2n) is 4.63. The van der Waals surface area contributed by atoms with E-state index in [4.69, 9.17) is 21.1 Å². The van der Waals surface area contributed by atoms with Gasteiger partial charge in [-0.1, -0.05) is 30.3 Å². The largest absolute Gasteiger partial charge is 0.353 e. The average Bonchev–Trinajstić information content (AvgIpc) is 2.93. The standard InChI is InChI=1S/C14H15ClN2O2S/c15-14-16-13(17-20-14)12(10-6-2-1-3-7-10)19-11-8-4-5-9-18-11/h1-3,6-7,11-12H,4-5,8-9H2. The van der Waals surface area contributed by atoms with Crippen LogP contribution in [-0.2, 0) is 9.47 Å². The average molecular weight is 311 g/mol. The monoisotopic (exact) mass is 310 g/mol. The van der Waals surface area contributed by atoms with Gasteiger partial charge in [-0.25, -0.2) is 4.98 Å². The summed E-state index contributed by atoms with van der Waals surface area (Å²) in [4.78, 5) is 4.25. The molecule has 1 aliphatic rings. The molecule has 0 N–H and O–H groups in total. The van der Waals surface area contributed by atoms with E-state index in [9.17, 15) is 0 Å². The highest BCUT2D eigenvalue weighted by molar-refractivity contribution is 7.10. The van der Waals surface area contributed by atoms with Crippen molar-refractivity contribution in [3.63, 3.8) is 0 Å². The molecule has 1 saturated heterocycles. The minimum Gasteiger partial charge on any atom is -0.353 e. The summed E-state index contributed by atoms with van der Waals surface area (Å²) in [7, 11) is 0. The Kier molecular flexibility index (Phi) is 4.62. The molecule has 0 radical (unpaired) electrons. The number of ether oxygens (including phenoxy) is 2. The second-order valence-corrected chi connectivity index (χ2v) is 5.96. The zero-order valence-corrected chi connectivity index (χ0v) is 12.4. The quantitative estimate of drug-likeness (QED) is 0.861. The number of rotatable bonds is 4. The van der Waals surface area contributed by atoms with E-state index >= 15 is 0 Å². The topological polar surface area (TPSA) is 44.2 Å². The lowest BCUT2D eigenvalue weighted by Crippen LogP contribution is -2.25. The van der Waals surface area contributed by atoms with Gasteiger partial charge >= 0.3 is 0 Å². The van der Waals surface area contributed by atoms with Crippen molar-refractivity contribution in [1.29, 1.82) is 0 Å². The molecule has 1 aromatic heterocycles. The van der Waals surface area contributed by atoms with Gasteiger partial charge in [0.15, 0.2) is 12.1 Å². The normalized spacial score (nSPS) is 20.8. The van der Waals surface area contributed by atoms with E-state index < -0.39 is 0 Å². The molecule has 106 valence electrons. The molecular weight excluding hydrogens is 296 g/mol. The van der Waals surface area contributed by atoms with Gasteiger partial charge in [-0.3, -0.25) is 0 Å². The van der Waals surface area contributed by atoms with Crippen LogP contribution >= 0.6 is 23.1 Å². The van der Waals surface area contributed by atoms with Crippen LogP contribution in [-0.4, -0.2) is 22.3 Å². The first-order chi connectivity index (χ1) is 9.83. The molecule has 3 rings (SSSR count). The van der Waals surface area contributed by atoms with Crippen LogP contribution in [0.5, 0.6) is 0 Å². The predicted octanol–water partition coefficient (Wildman–Crippen LogP) is 3.82. The van der Waals surface area contributed by atoms with Crippen molar-refractivity contribution in [3.8, 4) is 0 Å². The Morgan fingerprint density at radius 2 is 2.15 bits per heavy atom. The van der Waals surface area contributed by atoms with E-state index in [0.717, 1.165) is 31.4 Å². The predicted molar refractivity (Wildman–Crippen MR) is 77.9 cm³/mol. The van der Waals surface area contributed by atoms with Gasteiger partial charge in [-0.2, -0.15) is 4.37 Å². The second kappa shape index (κ2) is 6.63. The van der Waals surface area contributed by atoms with E-state index in [-0.39, 0.29) is 12.4 Å². The van der Waals surface area contributed by atoms with Gasteiger partial charge in [0.05, 0.1) is 0 Å². The fraction of sp³-hybridized carbons (Fsp3) is 0.429. The maximum Gasteiger partial charge on any atom is 0.203 e. The lowest BCUT2D eigenvalue weighted by molar-refractivity contribution is -0.182. The number of hydrogen-bond acceptors (Lipinski definition) is 5. The van der Waals surface area contributed by atoms with Crippen molar-refractivity contribution in [2.75, 3.05) is 6.61 Å². The molecule has 0 amide bonds. The first kappa shape index (κ1) is 13.9. The Hall–Kier alpha value is -1.01. The van der Waals surface area contributed by atoms with Crippen molar-refractivity contribution < 1.29 is 9.47 Å². The summed E-state index contributed by atoms with van der Waals surface area (Å²) in [5, 5.41) is 0. The fourth-order valence-corrected chi connectivity index (χ4v) is 2.84. The Bertz CT molecular complexity index is 543. The Morgan fingerprint density at radius 3 is 2.80 bits per heavy atom. The molecule has 0 aliphatic carbocycles. The van der Waals surface area contributed by atoms with Crippen molar-refractivity contribution >= 4 is 23.1 Å². The SMILES string of the molecule is Clc1nc(C(OC2CCCCO2)c2ccccc2)ns1. The first-order valence-electron chi connectivity index (χ1n) is 6.64. The zero-order valence-electron chi connectivity index (χ0n) is 10.9. The molecule has 2 heterocycles. The van der Waals surface area contributed by atoms with Crippen LogP contribution in [0.15, 0.2) is 30.3 Å². The summed E-state index contributed by atoms with van der Waals surface area (Å²) in [6.07, 6.45) is 2.59. The minimum absolute atomic E-state index is 0.198. The molecule has 0 saturated carbocycles. The zero-order chi connectivity index (χ0) is 13.8. The lowest BCUT2D eigenvalue weighted by Gasteiger charge is -2.26. The molecule has 4 nitrogen and oxygen atoms in total. The van der Waals surface area contributed by atoms with Gasteiger partial charge in [0.2, 0.25) is 4.47 Å². The van der Waals surface area contributed by atoms with Crippen molar-refractivity contribution in [1.82, 2.24) is 9.36 Å². The maximum absolute atomic E-state index is 6.08. The van der Waals surface area contributed by atoms with Crippen molar-refractivity contribution in [2.24, 2.45) is 0 Å². The van der Waals surface area contributed by atoms with Crippen LogP contribution in [0.4, 0.5) is 0 Å². The molecule has 2 atom stereocenters. The Morgan fingerprint density at radius 1 is 1.30 bits per heavy atom. The van der Waals surface area contributed by atoms with Gasteiger partial charge in [-0.05, 0) is 48.0 Å². The Balaban J connectivity index is 1.83. The van der Waals surface area contributed by atoms with Crippen LogP contribution < -0.4 is 0 Å². The van der Waals surface area contributed by atoms with E-state index in [2.05, 4.69) is 9.36 Å². The Labute approximate surface area is 126 Å². The fourth-order valence-electron chi connectivity index (χ4n) is 2.21. The van der Waals surface area contributed by atoms with Gasteiger partial charge in [0.1, 0.15) is 6.10 Å². The molecule has 1 fully saturated rings. The summed E-state index contributed by atoms with van der Waals surface area (Å²) >= 11 is 7.07. The van der Waals surface area contributed by atoms with Crippen LogP contribution in [0, 0.1) is 0 Å². The smallest absolute Gasteiger partial charge is 0.203 e. The highest BCUT2D eigenvalue weighted by Crippen LogP contribution is 2.29. The van der Waals surface area contributed by atoms with Crippen LogP contribution in [0.1, 0.15) is 36.8 Å². The number of hydrogen-bond donors (Lipinski definition) is 0. The molecule has 1 aliphatic heterocycles. The maximum atomic E-state index is 6.08.